The SMILES string of the molecule is COc1cc(C(=O)C2(c3ccccc3)CCCCC2)cc([N+](=O)[O-])c1O. The molecule has 0 atom stereocenters. The van der Waals surface area contributed by atoms with E-state index in [1.54, 1.807) is 0 Å². The summed E-state index contributed by atoms with van der Waals surface area (Å²) in [7, 11) is 1.31. The maximum atomic E-state index is 13.5. The molecular weight excluding hydrogens is 334 g/mol. The fourth-order valence-corrected chi connectivity index (χ4v) is 3.85. The number of Topliss-reactive ketones (excluding diaryl/α,β-unsaturated/α-hetero) is 1. The van der Waals surface area contributed by atoms with Gasteiger partial charge in [-0.3, -0.25) is 14.9 Å². The number of hydrogen-bond donors (Lipinski definition) is 1. The van der Waals surface area contributed by atoms with Crippen molar-refractivity contribution in [3.05, 3.63) is 63.7 Å². The van der Waals surface area contributed by atoms with Crippen LogP contribution in [0.1, 0.15) is 48.0 Å². The first-order valence-electron chi connectivity index (χ1n) is 8.65. The maximum absolute atomic E-state index is 13.5. The van der Waals surface area contributed by atoms with Gasteiger partial charge in [0.15, 0.2) is 11.5 Å². The number of nitrogens with zero attached hydrogens (tertiary/aromatic N) is 1. The molecule has 1 fully saturated rings. The first kappa shape index (κ1) is 17.9. The summed E-state index contributed by atoms with van der Waals surface area (Å²) in [5, 5.41) is 21.2. The molecule has 1 saturated carbocycles. The van der Waals surface area contributed by atoms with Gasteiger partial charge in [-0.15, -0.1) is 0 Å². The van der Waals surface area contributed by atoms with Crippen molar-refractivity contribution in [2.45, 2.75) is 37.5 Å². The predicted octanol–water partition coefficient (Wildman–Crippen LogP) is 4.39. The molecule has 0 heterocycles. The Bertz CT molecular complexity index is 826. The highest BCUT2D eigenvalue weighted by atomic mass is 16.6. The third kappa shape index (κ3) is 3.03. The highest BCUT2D eigenvalue weighted by Crippen LogP contribution is 2.44. The third-order valence-corrected chi connectivity index (χ3v) is 5.20. The Labute approximate surface area is 151 Å². The molecule has 1 aliphatic rings. The number of carbonyl (C=O) groups is 1. The van der Waals surface area contributed by atoms with Gasteiger partial charge in [-0.1, -0.05) is 49.6 Å². The third-order valence-electron chi connectivity index (χ3n) is 5.20. The lowest BCUT2D eigenvalue weighted by atomic mass is 9.65. The van der Waals surface area contributed by atoms with Gasteiger partial charge in [0.2, 0.25) is 5.75 Å². The summed E-state index contributed by atoms with van der Waals surface area (Å²) in [6, 6.07) is 12.1. The van der Waals surface area contributed by atoms with Crippen LogP contribution in [0.2, 0.25) is 0 Å². The second kappa shape index (κ2) is 7.15. The van der Waals surface area contributed by atoms with Crippen LogP contribution in [0.3, 0.4) is 0 Å². The number of aromatic hydroxyl groups is 1. The Kier molecular flexibility index (Phi) is 4.93. The molecule has 26 heavy (non-hydrogen) atoms. The van der Waals surface area contributed by atoms with Crippen molar-refractivity contribution in [3.8, 4) is 11.5 Å². The lowest BCUT2D eigenvalue weighted by molar-refractivity contribution is -0.386. The summed E-state index contributed by atoms with van der Waals surface area (Å²) in [6.07, 6.45) is 4.33. The van der Waals surface area contributed by atoms with Crippen molar-refractivity contribution >= 4 is 11.5 Å². The monoisotopic (exact) mass is 355 g/mol. The molecule has 0 aliphatic heterocycles. The highest BCUT2D eigenvalue weighted by Gasteiger charge is 2.42. The number of ketones is 1. The Hall–Kier alpha value is -2.89. The van der Waals surface area contributed by atoms with E-state index in [1.807, 2.05) is 30.3 Å². The standard InChI is InChI=1S/C20H21NO5/c1-26-17-13-14(12-16(18(17)22)21(24)25)19(23)20(10-6-3-7-11-20)15-8-4-2-5-9-15/h2,4-5,8-9,12-13,22H,3,6-7,10-11H2,1H3. The summed E-state index contributed by atoms with van der Waals surface area (Å²) < 4.78 is 5.05. The molecule has 3 rings (SSSR count). The Morgan fingerprint density at radius 1 is 1.15 bits per heavy atom. The van der Waals surface area contributed by atoms with Crippen LogP contribution in [-0.4, -0.2) is 22.9 Å². The van der Waals surface area contributed by atoms with Crippen molar-refractivity contribution in [2.75, 3.05) is 7.11 Å². The summed E-state index contributed by atoms with van der Waals surface area (Å²) in [5.41, 5.74) is -0.0988. The summed E-state index contributed by atoms with van der Waals surface area (Å²) in [4.78, 5) is 24.1. The second-order valence-corrected chi connectivity index (χ2v) is 6.64. The molecular formula is C20H21NO5. The van der Waals surface area contributed by atoms with Gasteiger partial charge in [0, 0.05) is 11.6 Å². The number of rotatable bonds is 5. The molecule has 0 bridgehead atoms. The number of carbonyl (C=O) groups excluding carboxylic acids is 1. The molecule has 0 unspecified atom stereocenters. The van der Waals surface area contributed by atoms with E-state index in [2.05, 4.69) is 0 Å². The number of benzene rings is 2. The van der Waals surface area contributed by atoms with Gasteiger partial charge in [-0.25, -0.2) is 0 Å². The van der Waals surface area contributed by atoms with Crippen LogP contribution >= 0.6 is 0 Å². The Morgan fingerprint density at radius 2 is 1.81 bits per heavy atom. The number of ether oxygens (including phenoxy) is 1. The van der Waals surface area contributed by atoms with E-state index in [0.29, 0.717) is 12.8 Å². The van der Waals surface area contributed by atoms with Gasteiger partial charge in [-0.05, 0) is 24.5 Å². The van der Waals surface area contributed by atoms with E-state index in [9.17, 15) is 20.0 Å². The van der Waals surface area contributed by atoms with E-state index in [-0.39, 0.29) is 17.1 Å². The topological polar surface area (TPSA) is 89.7 Å². The molecule has 2 aromatic carbocycles. The van der Waals surface area contributed by atoms with Crippen LogP contribution in [0, 0.1) is 10.1 Å². The lowest BCUT2D eigenvalue weighted by Crippen LogP contribution is -2.38. The highest BCUT2D eigenvalue weighted by molar-refractivity contribution is 6.05. The maximum Gasteiger partial charge on any atom is 0.315 e. The molecule has 6 heteroatoms. The molecule has 0 saturated heterocycles. The minimum atomic E-state index is -0.704. The zero-order valence-corrected chi connectivity index (χ0v) is 14.6. The van der Waals surface area contributed by atoms with Gasteiger partial charge in [0.05, 0.1) is 17.4 Å². The van der Waals surface area contributed by atoms with Crippen molar-refractivity contribution in [1.82, 2.24) is 0 Å². The van der Waals surface area contributed by atoms with E-state index in [4.69, 9.17) is 4.74 Å². The van der Waals surface area contributed by atoms with E-state index >= 15 is 0 Å². The predicted molar refractivity (Wildman–Crippen MR) is 96.8 cm³/mol. The fraction of sp³-hybridized carbons (Fsp3) is 0.350. The van der Waals surface area contributed by atoms with Crippen molar-refractivity contribution in [1.29, 1.82) is 0 Å². The number of phenols is 1. The van der Waals surface area contributed by atoms with Crippen molar-refractivity contribution in [2.24, 2.45) is 0 Å². The molecule has 0 spiro atoms. The average Bonchev–Trinajstić information content (AvgIpc) is 2.68. The molecule has 0 aromatic heterocycles. The van der Waals surface area contributed by atoms with E-state index < -0.39 is 21.8 Å². The number of phenolic OH excluding ortho intramolecular Hbond substituents is 1. The van der Waals surface area contributed by atoms with Crippen LogP contribution in [-0.2, 0) is 5.41 Å². The first-order chi connectivity index (χ1) is 12.5. The largest absolute Gasteiger partial charge is 0.500 e. The molecule has 0 amide bonds. The summed E-state index contributed by atoms with van der Waals surface area (Å²) in [5.74, 6) is -0.794. The summed E-state index contributed by atoms with van der Waals surface area (Å²) in [6.45, 7) is 0. The normalized spacial score (nSPS) is 16.0. The number of hydrogen-bond acceptors (Lipinski definition) is 5. The van der Waals surface area contributed by atoms with Crippen molar-refractivity contribution in [3.63, 3.8) is 0 Å². The molecule has 2 aromatic rings. The minimum Gasteiger partial charge on any atom is -0.500 e. The van der Waals surface area contributed by atoms with Crippen molar-refractivity contribution < 1.29 is 19.6 Å². The van der Waals surface area contributed by atoms with Gasteiger partial charge in [0.1, 0.15) is 0 Å². The van der Waals surface area contributed by atoms with Gasteiger partial charge in [0.25, 0.3) is 0 Å². The van der Waals surface area contributed by atoms with E-state index in [1.165, 1.54) is 13.2 Å². The molecule has 0 radical (unpaired) electrons. The number of nitro groups is 1. The van der Waals surface area contributed by atoms with Gasteiger partial charge in [-0.2, -0.15) is 0 Å². The van der Waals surface area contributed by atoms with Crippen LogP contribution in [0.4, 0.5) is 5.69 Å². The number of nitro benzene ring substituents is 1. The molecule has 1 aliphatic carbocycles. The minimum absolute atomic E-state index is 0.0680. The molecule has 1 N–H and O–H groups in total. The second-order valence-electron chi connectivity index (χ2n) is 6.64. The molecule has 136 valence electrons. The van der Waals surface area contributed by atoms with E-state index in [0.717, 1.165) is 30.9 Å². The van der Waals surface area contributed by atoms with Crippen LogP contribution in [0.5, 0.6) is 11.5 Å². The first-order valence-corrected chi connectivity index (χ1v) is 8.65. The van der Waals surface area contributed by atoms with Gasteiger partial charge < -0.3 is 9.84 Å². The Balaban J connectivity index is 2.14. The summed E-state index contributed by atoms with van der Waals surface area (Å²) >= 11 is 0. The van der Waals surface area contributed by atoms with Crippen LogP contribution < -0.4 is 4.74 Å². The fourth-order valence-electron chi connectivity index (χ4n) is 3.85. The van der Waals surface area contributed by atoms with Crippen LogP contribution in [0.25, 0.3) is 0 Å². The quantitative estimate of drug-likeness (QED) is 0.488. The Morgan fingerprint density at radius 3 is 2.38 bits per heavy atom. The smallest absolute Gasteiger partial charge is 0.315 e. The lowest BCUT2D eigenvalue weighted by Gasteiger charge is -2.36. The molecule has 6 nitrogen and oxygen atoms in total. The van der Waals surface area contributed by atoms with Crippen LogP contribution in [0.15, 0.2) is 42.5 Å². The average molecular weight is 355 g/mol. The zero-order chi connectivity index (χ0) is 18.7. The van der Waals surface area contributed by atoms with Gasteiger partial charge >= 0.3 is 5.69 Å². The zero-order valence-electron chi connectivity index (χ0n) is 14.6. The number of methoxy groups -OCH3 is 1.